The molecule has 7 nitrogen and oxygen atoms in total. The lowest BCUT2D eigenvalue weighted by Gasteiger charge is -2.32. The van der Waals surface area contributed by atoms with Crippen LogP contribution in [0.15, 0.2) is 72.8 Å². The molecule has 0 heterocycles. The van der Waals surface area contributed by atoms with Gasteiger partial charge in [-0.3, -0.25) is 13.9 Å². The molecule has 3 aromatic carbocycles. The number of carbonyl (C=O) groups excluding carboxylic acids is 2. The highest BCUT2D eigenvalue weighted by atomic mass is 35.5. The molecule has 0 aliphatic carbocycles. The first-order valence-corrected chi connectivity index (χ1v) is 16.5. The molecule has 2 amide bonds. The Labute approximate surface area is 255 Å². The van der Waals surface area contributed by atoms with Gasteiger partial charge in [-0.25, -0.2) is 8.42 Å². The molecule has 3 aromatic rings. The number of benzene rings is 3. The number of anilines is 1. The minimum atomic E-state index is -3.58. The molecule has 1 N–H and O–H groups in total. The number of hydrogen-bond acceptors (Lipinski definition) is 4. The number of hydrogen-bond donors (Lipinski definition) is 1. The molecule has 0 saturated heterocycles. The number of nitrogens with zero attached hydrogens (tertiary/aromatic N) is 2. The number of nitrogens with one attached hydrogen (secondary N) is 1. The molecule has 0 spiro atoms. The van der Waals surface area contributed by atoms with Gasteiger partial charge in [-0.15, -0.1) is 0 Å². The molecule has 226 valence electrons. The molecule has 2 atom stereocenters. The number of rotatable bonds is 14. The first-order valence-electron chi connectivity index (χ1n) is 14.3. The lowest BCUT2D eigenvalue weighted by molar-refractivity contribution is -0.141. The summed E-state index contributed by atoms with van der Waals surface area (Å²) in [5, 5.41) is 3.65. The van der Waals surface area contributed by atoms with Crippen LogP contribution in [0.4, 0.5) is 5.69 Å². The molecule has 0 bridgehead atoms. The largest absolute Gasteiger partial charge is 0.352 e. The average Bonchev–Trinajstić information content (AvgIpc) is 2.93. The Morgan fingerprint density at radius 3 is 2.12 bits per heavy atom. The number of amides is 2. The monoisotopic (exact) mass is 611 g/mol. The van der Waals surface area contributed by atoms with Gasteiger partial charge < -0.3 is 10.2 Å². The first kappa shape index (κ1) is 33.1. The molecule has 0 unspecified atom stereocenters. The summed E-state index contributed by atoms with van der Waals surface area (Å²) < 4.78 is 26.8. The smallest absolute Gasteiger partial charge is 0.243 e. The Hall–Kier alpha value is -3.36. The lowest BCUT2D eigenvalue weighted by atomic mass is 10.0. The van der Waals surface area contributed by atoms with E-state index < -0.39 is 16.1 Å². The van der Waals surface area contributed by atoms with E-state index in [0.717, 1.165) is 28.7 Å². The van der Waals surface area contributed by atoms with Crippen LogP contribution in [0.1, 0.15) is 55.4 Å². The maximum atomic E-state index is 13.9. The van der Waals surface area contributed by atoms with Gasteiger partial charge in [0.25, 0.3) is 0 Å². The van der Waals surface area contributed by atoms with Crippen molar-refractivity contribution in [3.8, 4) is 0 Å². The zero-order valence-corrected chi connectivity index (χ0v) is 26.7. The van der Waals surface area contributed by atoms with E-state index in [-0.39, 0.29) is 37.4 Å². The molecule has 0 aliphatic rings. The standard InChI is InChI=1S/C33H42ClN3O4S/c1-6-26(4)35-33(39)31(22-27-11-8-7-9-12-27)36(23-28-14-16-29(34)17-15-28)32(38)13-10-18-37(42(5,40)41)30-20-24(2)19-25(3)21-30/h7-9,11-12,14-17,19-21,26,31H,6,10,13,18,22-23H2,1-5H3,(H,35,39)/t26-,31+/m1/s1. The van der Waals surface area contributed by atoms with Crippen LogP contribution in [0.3, 0.4) is 0 Å². The highest BCUT2D eigenvalue weighted by Gasteiger charge is 2.31. The minimum absolute atomic E-state index is 0.0515. The maximum Gasteiger partial charge on any atom is 0.243 e. The number of aryl methyl sites for hydroxylation is 2. The third-order valence-corrected chi connectivity index (χ3v) is 8.63. The predicted molar refractivity (Wildman–Crippen MR) is 171 cm³/mol. The molecule has 42 heavy (non-hydrogen) atoms. The van der Waals surface area contributed by atoms with Crippen molar-refractivity contribution in [2.75, 3.05) is 17.1 Å². The van der Waals surface area contributed by atoms with Crippen molar-refractivity contribution in [3.05, 3.63) is 100 Å². The number of halogens is 1. The maximum absolute atomic E-state index is 13.9. The van der Waals surface area contributed by atoms with Crippen molar-refractivity contribution in [2.24, 2.45) is 0 Å². The third kappa shape index (κ3) is 9.88. The normalized spacial score (nSPS) is 12.8. The lowest BCUT2D eigenvalue weighted by Crippen LogP contribution is -2.52. The zero-order valence-electron chi connectivity index (χ0n) is 25.1. The Morgan fingerprint density at radius 2 is 1.55 bits per heavy atom. The van der Waals surface area contributed by atoms with Crippen LogP contribution in [0.5, 0.6) is 0 Å². The molecule has 0 radical (unpaired) electrons. The summed E-state index contributed by atoms with van der Waals surface area (Å²) in [5.41, 5.74) is 4.28. The number of carbonyl (C=O) groups is 2. The van der Waals surface area contributed by atoms with Crippen LogP contribution in [0.2, 0.25) is 5.02 Å². The second-order valence-electron chi connectivity index (χ2n) is 11.0. The second kappa shape index (κ2) is 15.2. The molecule has 9 heteroatoms. The van der Waals surface area contributed by atoms with E-state index in [1.54, 1.807) is 17.0 Å². The molecule has 0 fully saturated rings. The van der Waals surface area contributed by atoms with Crippen LogP contribution in [-0.4, -0.2) is 50.0 Å². The van der Waals surface area contributed by atoms with Gasteiger partial charge in [-0.1, -0.05) is 67.1 Å². The van der Waals surface area contributed by atoms with Gasteiger partial charge in [0.15, 0.2) is 0 Å². The van der Waals surface area contributed by atoms with E-state index in [0.29, 0.717) is 23.6 Å². The van der Waals surface area contributed by atoms with Crippen molar-refractivity contribution >= 4 is 39.1 Å². The van der Waals surface area contributed by atoms with Crippen molar-refractivity contribution in [1.82, 2.24) is 10.2 Å². The van der Waals surface area contributed by atoms with Crippen molar-refractivity contribution in [1.29, 1.82) is 0 Å². The Bertz CT molecular complexity index is 1430. The van der Waals surface area contributed by atoms with Crippen LogP contribution in [0, 0.1) is 13.8 Å². The van der Waals surface area contributed by atoms with Crippen LogP contribution >= 0.6 is 11.6 Å². The van der Waals surface area contributed by atoms with E-state index in [9.17, 15) is 18.0 Å². The fourth-order valence-corrected chi connectivity index (χ4v) is 5.96. The van der Waals surface area contributed by atoms with E-state index in [1.165, 1.54) is 10.6 Å². The predicted octanol–water partition coefficient (Wildman–Crippen LogP) is 6.06. The Kier molecular flexibility index (Phi) is 12.0. The van der Waals surface area contributed by atoms with Gasteiger partial charge >= 0.3 is 0 Å². The summed E-state index contributed by atoms with van der Waals surface area (Å²) in [6.07, 6.45) is 2.65. The molecule has 0 saturated carbocycles. The number of sulfonamides is 1. The van der Waals surface area contributed by atoms with E-state index >= 15 is 0 Å². The molecule has 0 aromatic heterocycles. The first-order chi connectivity index (χ1) is 19.9. The van der Waals surface area contributed by atoms with Crippen LogP contribution < -0.4 is 9.62 Å². The van der Waals surface area contributed by atoms with Gasteiger partial charge in [-0.2, -0.15) is 0 Å². The fourth-order valence-electron chi connectivity index (χ4n) is 4.88. The van der Waals surface area contributed by atoms with Gasteiger partial charge in [0.2, 0.25) is 21.8 Å². The van der Waals surface area contributed by atoms with Gasteiger partial charge in [0, 0.05) is 37.0 Å². The van der Waals surface area contributed by atoms with E-state index in [1.807, 2.05) is 88.4 Å². The minimum Gasteiger partial charge on any atom is -0.352 e. The Balaban J connectivity index is 1.90. The average molecular weight is 612 g/mol. The highest BCUT2D eigenvalue weighted by molar-refractivity contribution is 7.92. The quantitative estimate of drug-likeness (QED) is 0.240. The molecular weight excluding hydrogens is 570 g/mol. The second-order valence-corrected chi connectivity index (χ2v) is 13.3. The van der Waals surface area contributed by atoms with Crippen LogP contribution in [0.25, 0.3) is 0 Å². The summed E-state index contributed by atoms with van der Waals surface area (Å²) >= 11 is 6.11. The summed E-state index contributed by atoms with van der Waals surface area (Å²) in [5.74, 6) is -0.442. The van der Waals surface area contributed by atoms with E-state index in [2.05, 4.69) is 5.32 Å². The third-order valence-electron chi connectivity index (χ3n) is 7.18. The molecule has 3 rings (SSSR count). The summed E-state index contributed by atoms with van der Waals surface area (Å²) in [6, 6.07) is 21.7. The molecular formula is C33H42ClN3O4S. The van der Waals surface area contributed by atoms with Crippen molar-refractivity contribution < 1.29 is 18.0 Å². The SMILES string of the molecule is CC[C@@H](C)NC(=O)[C@H](Cc1ccccc1)N(Cc1ccc(Cl)cc1)C(=O)CCCN(c1cc(C)cc(C)c1)S(C)(=O)=O. The zero-order chi connectivity index (χ0) is 30.9. The highest BCUT2D eigenvalue weighted by Crippen LogP contribution is 2.23. The summed E-state index contributed by atoms with van der Waals surface area (Å²) in [7, 11) is -3.58. The van der Waals surface area contributed by atoms with Crippen molar-refractivity contribution in [3.63, 3.8) is 0 Å². The van der Waals surface area contributed by atoms with Crippen molar-refractivity contribution in [2.45, 2.75) is 72.0 Å². The van der Waals surface area contributed by atoms with Gasteiger partial charge in [0.1, 0.15) is 6.04 Å². The van der Waals surface area contributed by atoms with Gasteiger partial charge in [-0.05, 0) is 80.1 Å². The van der Waals surface area contributed by atoms with Crippen LogP contribution in [-0.2, 0) is 32.6 Å². The Morgan fingerprint density at radius 1 is 0.929 bits per heavy atom. The topological polar surface area (TPSA) is 86.8 Å². The molecule has 0 aliphatic heterocycles. The van der Waals surface area contributed by atoms with E-state index in [4.69, 9.17) is 11.6 Å². The summed E-state index contributed by atoms with van der Waals surface area (Å²) in [4.78, 5) is 29.2. The summed E-state index contributed by atoms with van der Waals surface area (Å²) in [6.45, 7) is 8.14. The van der Waals surface area contributed by atoms with Gasteiger partial charge in [0.05, 0.1) is 11.9 Å². The fraction of sp³-hybridized carbons (Fsp3) is 0.394.